The highest BCUT2D eigenvalue weighted by Crippen LogP contribution is 2.18. The van der Waals surface area contributed by atoms with Gasteiger partial charge in [0.1, 0.15) is 0 Å². The number of nitrogens with one attached hydrogen (secondary N) is 1. The number of H-pyrrole nitrogens is 1. The van der Waals surface area contributed by atoms with Gasteiger partial charge in [0, 0.05) is 23.6 Å². The molecule has 0 atom stereocenters. The molecule has 92 valence electrons. The number of benzene rings is 1. The summed E-state index contributed by atoms with van der Waals surface area (Å²) in [5, 5.41) is 1.19. The van der Waals surface area contributed by atoms with Gasteiger partial charge in [-0.3, -0.25) is 9.59 Å². The van der Waals surface area contributed by atoms with Gasteiger partial charge in [-0.1, -0.05) is 12.1 Å². The number of rotatable bonds is 3. The number of nitrogens with zero attached hydrogens (tertiary/aromatic N) is 1. The van der Waals surface area contributed by atoms with Gasteiger partial charge in [-0.25, -0.2) is 0 Å². The summed E-state index contributed by atoms with van der Waals surface area (Å²) in [5.41, 5.74) is 2.32. The second-order valence-electron chi connectivity index (χ2n) is 4.64. The average Bonchev–Trinajstić information content (AvgIpc) is 2.93. The van der Waals surface area contributed by atoms with E-state index in [1.165, 1.54) is 10.9 Å². The first-order valence-corrected chi connectivity index (χ1v) is 6.08. The third-order valence-electron chi connectivity index (χ3n) is 3.40. The summed E-state index contributed by atoms with van der Waals surface area (Å²) < 4.78 is 0. The molecule has 4 heteroatoms. The van der Waals surface area contributed by atoms with E-state index in [2.05, 4.69) is 11.1 Å². The SMILES string of the molecule is O=C1CC(=O)N(CCc2cccc3[nH]ccc23)C1. The zero-order valence-corrected chi connectivity index (χ0v) is 9.98. The van der Waals surface area contributed by atoms with Gasteiger partial charge in [-0.2, -0.15) is 0 Å². The molecule has 1 aliphatic heterocycles. The molecule has 0 radical (unpaired) electrons. The van der Waals surface area contributed by atoms with Crippen LogP contribution in [-0.4, -0.2) is 34.7 Å². The molecule has 1 amide bonds. The summed E-state index contributed by atoms with van der Waals surface area (Å²) >= 11 is 0. The van der Waals surface area contributed by atoms with E-state index in [9.17, 15) is 9.59 Å². The lowest BCUT2D eigenvalue weighted by Crippen LogP contribution is -2.27. The lowest BCUT2D eigenvalue weighted by molar-refractivity contribution is -0.127. The van der Waals surface area contributed by atoms with Crippen LogP contribution in [0.4, 0.5) is 0 Å². The molecule has 0 saturated carbocycles. The molecule has 0 aliphatic carbocycles. The van der Waals surface area contributed by atoms with Gasteiger partial charge in [0.05, 0.1) is 13.0 Å². The lowest BCUT2D eigenvalue weighted by atomic mass is 10.1. The van der Waals surface area contributed by atoms with Crippen LogP contribution in [-0.2, 0) is 16.0 Å². The van der Waals surface area contributed by atoms with E-state index in [4.69, 9.17) is 0 Å². The van der Waals surface area contributed by atoms with Crippen LogP contribution in [0.25, 0.3) is 10.9 Å². The Labute approximate surface area is 105 Å². The van der Waals surface area contributed by atoms with Crippen LogP contribution in [0.1, 0.15) is 12.0 Å². The second kappa shape index (κ2) is 4.29. The Bertz CT molecular complexity index is 615. The quantitative estimate of drug-likeness (QED) is 0.829. The van der Waals surface area contributed by atoms with Crippen LogP contribution in [0.2, 0.25) is 0 Å². The number of Topliss-reactive ketones (excluding diaryl/α,β-unsaturated/α-hetero) is 1. The summed E-state index contributed by atoms with van der Waals surface area (Å²) in [6.07, 6.45) is 2.78. The minimum absolute atomic E-state index is 0.0276. The van der Waals surface area contributed by atoms with E-state index in [0.717, 1.165) is 11.9 Å². The van der Waals surface area contributed by atoms with Crippen LogP contribution in [0.5, 0.6) is 0 Å². The Kier molecular flexibility index (Phi) is 2.63. The van der Waals surface area contributed by atoms with Gasteiger partial charge in [-0.15, -0.1) is 0 Å². The number of fused-ring (bicyclic) bond motifs is 1. The van der Waals surface area contributed by atoms with Crippen LogP contribution >= 0.6 is 0 Å². The monoisotopic (exact) mass is 242 g/mol. The lowest BCUT2D eigenvalue weighted by Gasteiger charge is -2.14. The molecule has 2 heterocycles. The van der Waals surface area contributed by atoms with E-state index in [1.54, 1.807) is 4.90 Å². The smallest absolute Gasteiger partial charge is 0.230 e. The largest absolute Gasteiger partial charge is 0.361 e. The summed E-state index contributed by atoms with van der Waals surface area (Å²) in [7, 11) is 0. The summed E-state index contributed by atoms with van der Waals surface area (Å²) in [6.45, 7) is 0.900. The van der Waals surface area contributed by atoms with Gasteiger partial charge in [0.25, 0.3) is 0 Å². The zero-order chi connectivity index (χ0) is 12.5. The van der Waals surface area contributed by atoms with Crippen molar-refractivity contribution in [1.82, 2.24) is 9.88 Å². The molecule has 3 rings (SSSR count). The van der Waals surface area contributed by atoms with E-state index >= 15 is 0 Å². The summed E-state index contributed by atoms with van der Waals surface area (Å²) in [5.74, 6) is -0.0129. The first-order chi connectivity index (χ1) is 8.74. The summed E-state index contributed by atoms with van der Waals surface area (Å²) in [4.78, 5) is 27.5. The molecule has 2 aromatic rings. The van der Waals surface area contributed by atoms with Gasteiger partial charge in [0.15, 0.2) is 5.78 Å². The van der Waals surface area contributed by atoms with E-state index < -0.39 is 0 Å². The minimum Gasteiger partial charge on any atom is -0.361 e. The molecular weight excluding hydrogens is 228 g/mol. The Morgan fingerprint density at radius 2 is 2.11 bits per heavy atom. The first kappa shape index (κ1) is 11.0. The van der Waals surface area contributed by atoms with Crippen molar-refractivity contribution < 1.29 is 9.59 Å². The van der Waals surface area contributed by atoms with E-state index in [1.807, 2.05) is 24.4 Å². The second-order valence-corrected chi connectivity index (χ2v) is 4.64. The van der Waals surface area contributed by atoms with Crippen molar-refractivity contribution in [3.05, 3.63) is 36.0 Å². The maximum atomic E-state index is 11.5. The van der Waals surface area contributed by atoms with Crippen LogP contribution in [0.15, 0.2) is 30.5 Å². The number of aromatic amines is 1. The zero-order valence-electron chi connectivity index (χ0n) is 9.98. The molecule has 0 spiro atoms. The topological polar surface area (TPSA) is 53.2 Å². The van der Waals surface area contributed by atoms with E-state index in [-0.39, 0.29) is 24.7 Å². The molecule has 1 aliphatic rings. The third-order valence-corrected chi connectivity index (χ3v) is 3.40. The Balaban J connectivity index is 1.75. The minimum atomic E-state index is -0.0405. The van der Waals surface area contributed by atoms with Crippen molar-refractivity contribution in [1.29, 1.82) is 0 Å². The van der Waals surface area contributed by atoms with Crippen molar-refractivity contribution in [2.24, 2.45) is 0 Å². The fourth-order valence-electron chi connectivity index (χ4n) is 2.47. The van der Waals surface area contributed by atoms with Crippen LogP contribution in [0.3, 0.4) is 0 Å². The Morgan fingerprint density at radius 1 is 1.22 bits per heavy atom. The Morgan fingerprint density at radius 3 is 2.89 bits per heavy atom. The predicted molar refractivity (Wildman–Crippen MR) is 68.2 cm³/mol. The number of ketones is 1. The number of amides is 1. The normalized spacial score (nSPS) is 15.9. The molecule has 0 unspecified atom stereocenters. The highest BCUT2D eigenvalue weighted by molar-refractivity contribution is 6.05. The first-order valence-electron chi connectivity index (χ1n) is 6.08. The Hall–Kier alpha value is -2.10. The molecule has 18 heavy (non-hydrogen) atoms. The number of likely N-dealkylation sites (tertiary alicyclic amines) is 1. The van der Waals surface area contributed by atoms with Crippen molar-refractivity contribution in [2.45, 2.75) is 12.8 Å². The maximum Gasteiger partial charge on any atom is 0.230 e. The molecule has 1 saturated heterocycles. The molecule has 1 N–H and O–H groups in total. The number of hydrogen-bond donors (Lipinski definition) is 1. The molecule has 4 nitrogen and oxygen atoms in total. The number of hydrogen-bond acceptors (Lipinski definition) is 2. The van der Waals surface area contributed by atoms with Gasteiger partial charge in [0.2, 0.25) is 5.91 Å². The number of aromatic nitrogens is 1. The highest BCUT2D eigenvalue weighted by atomic mass is 16.2. The number of carbonyl (C=O) groups is 2. The molecule has 1 fully saturated rings. The van der Waals surface area contributed by atoms with Gasteiger partial charge in [-0.05, 0) is 24.1 Å². The number of carbonyl (C=O) groups excluding carboxylic acids is 2. The third kappa shape index (κ3) is 1.90. The average molecular weight is 242 g/mol. The van der Waals surface area contributed by atoms with Gasteiger partial charge >= 0.3 is 0 Å². The van der Waals surface area contributed by atoms with Crippen molar-refractivity contribution >= 4 is 22.6 Å². The molecule has 1 aromatic heterocycles. The van der Waals surface area contributed by atoms with Crippen LogP contribution in [0, 0.1) is 0 Å². The molecular formula is C14H14N2O2. The predicted octanol–water partition coefficient (Wildman–Crippen LogP) is 1.51. The van der Waals surface area contributed by atoms with E-state index in [0.29, 0.717) is 6.54 Å². The standard InChI is InChI=1S/C14H14N2O2/c17-11-8-14(18)16(9-11)7-5-10-2-1-3-13-12(10)4-6-15-13/h1-4,6,15H,5,7-9H2. The summed E-state index contributed by atoms with van der Waals surface area (Å²) in [6, 6.07) is 8.15. The molecule has 0 bridgehead atoms. The van der Waals surface area contributed by atoms with Crippen molar-refractivity contribution in [3.63, 3.8) is 0 Å². The van der Waals surface area contributed by atoms with Gasteiger partial charge < -0.3 is 9.88 Å². The molecule has 1 aromatic carbocycles. The maximum absolute atomic E-state index is 11.5. The highest BCUT2D eigenvalue weighted by Gasteiger charge is 2.26. The van der Waals surface area contributed by atoms with Crippen molar-refractivity contribution in [2.75, 3.05) is 13.1 Å². The van der Waals surface area contributed by atoms with Crippen LogP contribution < -0.4 is 0 Å². The fourth-order valence-corrected chi connectivity index (χ4v) is 2.47. The fraction of sp³-hybridized carbons (Fsp3) is 0.286. The van der Waals surface area contributed by atoms with Crippen molar-refractivity contribution in [3.8, 4) is 0 Å².